The van der Waals surface area contributed by atoms with Gasteiger partial charge in [0.1, 0.15) is 5.69 Å². The van der Waals surface area contributed by atoms with Crippen LogP contribution >= 0.6 is 0 Å². The van der Waals surface area contributed by atoms with Gasteiger partial charge in [-0.3, -0.25) is 14.3 Å². The fourth-order valence-electron chi connectivity index (χ4n) is 3.90. The third-order valence-corrected chi connectivity index (χ3v) is 5.75. The van der Waals surface area contributed by atoms with Gasteiger partial charge in [0.05, 0.1) is 0 Å². The Kier molecular flexibility index (Phi) is 6.16. The lowest BCUT2D eigenvalue weighted by atomic mass is 10.1. The summed E-state index contributed by atoms with van der Waals surface area (Å²) in [6.45, 7) is 6.50. The first kappa shape index (κ1) is 20.8. The molecule has 0 spiro atoms. The molecule has 3 aromatic rings. The smallest absolute Gasteiger partial charge is 0.272 e. The van der Waals surface area contributed by atoms with Crippen molar-refractivity contribution < 1.29 is 9.59 Å². The van der Waals surface area contributed by atoms with E-state index in [1.54, 1.807) is 10.7 Å². The molecule has 0 bridgehead atoms. The number of nitrogens with one attached hydrogen (secondary N) is 1. The maximum Gasteiger partial charge on any atom is 0.272 e. The Labute approximate surface area is 182 Å². The van der Waals surface area contributed by atoms with Gasteiger partial charge < -0.3 is 10.2 Å². The maximum atomic E-state index is 13.1. The highest BCUT2D eigenvalue weighted by atomic mass is 16.2. The van der Waals surface area contributed by atoms with E-state index in [2.05, 4.69) is 53.7 Å². The van der Waals surface area contributed by atoms with Gasteiger partial charge in [-0.05, 0) is 43.4 Å². The standard InChI is InChI=1S/C25H28N4O2/c1-18-8-10-20(11-9-18)17-28-14-5-15-29-23(25(28)31)16-22(27-29)24(30)26-13-12-21-7-4-3-6-19(21)2/h3-4,6-11,16H,5,12-15,17H2,1-2H3,(H,26,30). The van der Waals surface area contributed by atoms with E-state index in [1.165, 1.54) is 16.7 Å². The molecule has 1 aliphatic rings. The molecule has 0 aliphatic carbocycles. The Balaban J connectivity index is 1.41. The van der Waals surface area contributed by atoms with Crippen molar-refractivity contribution in [2.24, 2.45) is 0 Å². The number of hydrogen-bond donors (Lipinski definition) is 1. The third-order valence-electron chi connectivity index (χ3n) is 5.75. The minimum absolute atomic E-state index is 0.0791. The monoisotopic (exact) mass is 416 g/mol. The summed E-state index contributed by atoms with van der Waals surface area (Å²) in [5.41, 5.74) is 5.50. The molecule has 160 valence electrons. The molecule has 0 radical (unpaired) electrons. The molecule has 2 aromatic carbocycles. The SMILES string of the molecule is Cc1ccc(CN2CCCn3nc(C(=O)NCCc4ccccc4C)cc3C2=O)cc1. The molecule has 4 rings (SSSR count). The number of rotatable bonds is 6. The molecule has 1 aliphatic heterocycles. The average molecular weight is 417 g/mol. The van der Waals surface area contributed by atoms with Crippen LogP contribution in [0.25, 0.3) is 0 Å². The van der Waals surface area contributed by atoms with Gasteiger partial charge in [0.15, 0.2) is 5.69 Å². The first-order valence-electron chi connectivity index (χ1n) is 10.8. The van der Waals surface area contributed by atoms with Crippen molar-refractivity contribution in [3.05, 3.63) is 88.2 Å². The largest absolute Gasteiger partial charge is 0.350 e. The van der Waals surface area contributed by atoms with E-state index in [-0.39, 0.29) is 11.8 Å². The zero-order valence-corrected chi connectivity index (χ0v) is 18.1. The minimum Gasteiger partial charge on any atom is -0.350 e. The first-order chi connectivity index (χ1) is 15.0. The van der Waals surface area contributed by atoms with Crippen LogP contribution in [-0.2, 0) is 19.5 Å². The van der Waals surface area contributed by atoms with Crippen molar-refractivity contribution in [3.63, 3.8) is 0 Å². The van der Waals surface area contributed by atoms with E-state index in [0.717, 1.165) is 18.4 Å². The van der Waals surface area contributed by atoms with Crippen molar-refractivity contribution in [2.75, 3.05) is 13.1 Å². The highest BCUT2D eigenvalue weighted by molar-refractivity contribution is 5.98. The van der Waals surface area contributed by atoms with Crippen LogP contribution in [-0.4, -0.2) is 39.6 Å². The van der Waals surface area contributed by atoms with Gasteiger partial charge in [0, 0.05) is 32.2 Å². The number of amides is 2. The van der Waals surface area contributed by atoms with Crippen LogP contribution < -0.4 is 5.32 Å². The van der Waals surface area contributed by atoms with E-state index in [4.69, 9.17) is 0 Å². The van der Waals surface area contributed by atoms with Crippen molar-refractivity contribution >= 4 is 11.8 Å². The quantitative estimate of drug-likeness (QED) is 0.669. The number of carbonyl (C=O) groups excluding carboxylic acids is 2. The zero-order chi connectivity index (χ0) is 21.8. The lowest BCUT2D eigenvalue weighted by molar-refractivity contribution is 0.0745. The molecule has 0 atom stereocenters. The molecule has 0 saturated heterocycles. The normalized spacial score (nSPS) is 13.6. The molecule has 0 fully saturated rings. The second-order valence-electron chi connectivity index (χ2n) is 8.14. The summed E-state index contributed by atoms with van der Waals surface area (Å²) in [6.07, 6.45) is 1.57. The average Bonchev–Trinajstić information content (AvgIpc) is 3.14. The molecule has 6 nitrogen and oxygen atoms in total. The van der Waals surface area contributed by atoms with Crippen LogP contribution in [0.15, 0.2) is 54.6 Å². The van der Waals surface area contributed by atoms with Crippen molar-refractivity contribution in [3.8, 4) is 0 Å². The summed E-state index contributed by atoms with van der Waals surface area (Å²) in [7, 11) is 0. The molecule has 6 heteroatoms. The van der Waals surface area contributed by atoms with E-state index >= 15 is 0 Å². The molecule has 1 N–H and O–H groups in total. The summed E-state index contributed by atoms with van der Waals surface area (Å²) in [4.78, 5) is 27.6. The number of hydrogen-bond acceptors (Lipinski definition) is 3. The highest BCUT2D eigenvalue weighted by Crippen LogP contribution is 2.17. The van der Waals surface area contributed by atoms with E-state index in [9.17, 15) is 9.59 Å². The summed E-state index contributed by atoms with van der Waals surface area (Å²) >= 11 is 0. The second kappa shape index (κ2) is 9.16. The summed E-state index contributed by atoms with van der Waals surface area (Å²) in [5.74, 6) is -0.323. The number of nitrogens with zero attached hydrogens (tertiary/aromatic N) is 3. The van der Waals surface area contributed by atoms with Crippen LogP contribution in [0, 0.1) is 13.8 Å². The molecular weight excluding hydrogens is 388 g/mol. The number of carbonyl (C=O) groups is 2. The Morgan fingerprint density at radius 1 is 1.06 bits per heavy atom. The van der Waals surface area contributed by atoms with Crippen LogP contribution in [0.2, 0.25) is 0 Å². The van der Waals surface area contributed by atoms with Gasteiger partial charge in [0.25, 0.3) is 11.8 Å². The number of aryl methyl sites for hydroxylation is 3. The summed E-state index contributed by atoms with van der Waals surface area (Å²) < 4.78 is 1.67. The van der Waals surface area contributed by atoms with Gasteiger partial charge in [0.2, 0.25) is 0 Å². The van der Waals surface area contributed by atoms with Gasteiger partial charge in [-0.2, -0.15) is 5.10 Å². The predicted molar refractivity (Wildman–Crippen MR) is 120 cm³/mol. The van der Waals surface area contributed by atoms with E-state index < -0.39 is 0 Å². The van der Waals surface area contributed by atoms with Crippen molar-refractivity contribution in [2.45, 2.75) is 39.8 Å². The van der Waals surface area contributed by atoms with Gasteiger partial charge in [-0.1, -0.05) is 54.1 Å². The number of aromatic nitrogens is 2. The lowest BCUT2D eigenvalue weighted by Gasteiger charge is -2.20. The third kappa shape index (κ3) is 4.85. The van der Waals surface area contributed by atoms with Gasteiger partial charge in [-0.25, -0.2) is 0 Å². The topological polar surface area (TPSA) is 67.2 Å². The second-order valence-corrected chi connectivity index (χ2v) is 8.14. The summed E-state index contributed by atoms with van der Waals surface area (Å²) in [5, 5.41) is 7.35. The van der Waals surface area contributed by atoms with Gasteiger partial charge >= 0.3 is 0 Å². The number of fused-ring (bicyclic) bond motifs is 1. The van der Waals surface area contributed by atoms with E-state index in [0.29, 0.717) is 37.6 Å². The molecule has 2 amide bonds. The van der Waals surface area contributed by atoms with E-state index in [1.807, 2.05) is 24.0 Å². The Morgan fingerprint density at radius 3 is 2.61 bits per heavy atom. The van der Waals surface area contributed by atoms with Gasteiger partial charge in [-0.15, -0.1) is 0 Å². The van der Waals surface area contributed by atoms with Crippen LogP contribution in [0.5, 0.6) is 0 Å². The maximum absolute atomic E-state index is 13.1. The minimum atomic E-state index is -0.243. The fourth-order valence-corrected chi connectivity index (χ4v) is 3.90. The zero-order valence-electron chi connectivity index (χ0n) is 18.1. The van der Waals surface area contributed by atoms with Crippen LogP contribution in [0.3, 0.4) is 0 Å². The van der Waals surface area contributed by atoms with Crippen LogP contribution in [0.1, 0.15) is 49.7 Å². The van der Waals surface area contributed by atoms with Crippen LogP contribution in [0.4, 0.5) is 0 Å². The lowest BCUT2D eigenvalue weighted by Crippen LogP contribution is -2.30. The molecule has 0 unspecified atom stereocenters. The molecule has 1 aromatic heterocycles. The first-order valence-corrected chi connectivity index (χ1v) is 10.8. The molecule has 2 heterocycles. The number of benzene rings is 2. The fraction of sp³-hybridized carbons (Fsp3) is 0.320. The Hall–Kier alpha value is -3.41. The molecule has 31 heavy (non-hydrogen) atoms. The highest BCUT2D eigenvalue weighted by Gasteiger charge is 2.26. The Morgan fingerprint density at radius 2 is 1.84 bits per heavy atom. The Bertz CT molecular complexity index is 1090. The van der Waals surface area contributed by atoms with Crippen molar-refractivity contribution in [1.29, 1.82) is 0 Å². The summed E-state index contributed by atoms with van der Waals surface area (Å²) in [6, 6.07) is 18.0. The molecule has 0 saturated carbocycles. The molecular formula is C25H28N4O2. The van der Waals surface area contributed by atoms with Crippen molar-refractivity contribution in [1.82, 2.24) is 20.0 Å². The predicted octanol–water partition coefficient (Wildman–Crippen LogP) is 3.52.